The van der Waals surface area contributed by atoms with Crippen LogP contribution in [0.2, 0.25) is 0 Å². The summed E-state index contributed by atoms with van der Waals surface area (Å²) in [6, 6.07) is 4.46. The van der Waals surface area contributed by atoms with Crippen molar-refractivity contribution in [3.05, 3.63) is 29.8 Å². The number of ether oxygens (including phenoxy) is 1. The van der Waals surface area contributed by atoms with Gasteiger partial charge in [-0.05, 0) is 32.9 Å². The number of aryl methyl sites for hydroxylation is 1. The molecule has 0 fully saturated rings. The molecular weight excluding hydrogens is 247 g/mol. The van der Waals surface area contributed by atoms with Gasteiger partial charge in [0.1, 0.15) is 17.6 Å². The van der Waals surface area contributed by atoms with E-state index in [1.165, 1.54) is 12.1 Å². The van der Waals surface area contributed by atoms with E-state index in [1.807, 2.05) is 11.5 Å². The number of hydrogen-bond donors (Lipinski definition) is 0. The van der Waals surface area contributed by atoms with E-state index in [0.717, 1.165) is 5.52 Å². The molecule has 0 amide bonds. The fourth-order valence-electron chi connectivity index (χ4n) is 2.16. The Hall–Kier alpha value is -1.91. The summed E-state index contributed by atoms with van der Waals surface area (Å²) in [5.41, 5.74) is 1.39. The Morgan fingerprint density at radius 2 is 2.21 bits per heavy atom. The molecule has 5 heteroatoms. The number of carbonyl (C=O) groups excluding carboxylic acids is 1. The molecule has 0 radical (unpaired) electrons. The number of benzene rings is 1. The summed E-state index contributed by atoms with van der Waals surface area (Å²) in [5.74, 6) is -0.492. The number of fused-ring (bicyclic) bond motifs is 1. The van der Waals surface area contributed by atoms with Gasteiger partial charge in [0.05, 0.1) is 17.6 Å². The third-order valence-electron chi connectivity index (χ3n) is 3.08. The summed E-state index contributed by atoms with van der Waals surface area (Å²) in [7, 11) is 0. The van der Waals surface area contributed by atoms with Gasteiger partial charge >= 0.3 is 5.97 Å². The molecule has 0 aliphatic heterocycles. The molecule has 0 bridgehead atoms. The Balaban J connectivity index is 2.50. The van der Waals surface area contributed by atoms with Crippen LogP contribution in [0, 0.1) is 5.82 Å². The predicted molar refractivity (Wildman–Crippen MR) is 70.4 cm³/mol. The van der Waals surface area contributed by atoms with Crippen molar-refractivity contribution in [2.75, 3.05) is 6.61 Å². The van der Waals surface area contributed by atoms with Crippen LogP contribution in [0.15, 0.2) is 18.2 Å². The molecule has 102 valence electrons. The smallest absolute Gasteiger partial charge is 0.316 e. The fourth-order valence-corrected chi connectivity index (χ4v) is 2.16. The molecule has 0 saturated carbocycles. The molecule has 1 aromatic heterocycles. The average molecular weight is 264 g/mol. The minimum atomic E-state index is -0.463. The molecule has 1 unspecified atom stereocenters. The van der Waals surface area contributed by atoms with Crippen LogP contribution in [-0.2, 0) is 16.1 Å². The molecule has 19 heavy (non-hydrogen) atoms. The maximum absolute atomic E-state index is 13.2. The lowest BCUT2D eigenvalue weighted by Crippen LogP contribution is -2.17. The third kappa shape index (κ3) is 2.45. The maximum Gasteiger partial charge on any atom is 0.316 e. The maximum atomic E-state index is 13.2. The Morgan fingerprint density at radius 3 is 2.84 bits per heavy atom. The molecule has 4 nitrogen and oxygen atoms in total. The van der Waals surface area contributed by atoms with E-state index in [1.54, 1.807) is 19.9 Å². The topological polar surface area (TPSA) is 44.1 Å². The summed E-state index contributed by atoms with van der Waals surface area (Å²) < 4.78 is 20.1. The van der Waals surface area contributed by atoms with E-state index < -0.39 is 5.92 Å². The van der Waals surface area contributed by atoms with Crippen molar-refractivity contribution in [2.45, 2.75) is 33.2 Å². The van der Waals surface area contributed by atoms with Crippen molar-refractivity contribution in [3.63, 3.8) is 0 Å². The molecule has 0 N–H and O–H groups in total. The Bertz CT molecular complexity index is 607. The first kappa shape index (κ1) is 13.5. The second-order valence-corrected chi connectivity index (χ2v) is 4.32. The van der Waals surface area contributed by atoms with Gasteiger partial charge in [-0.25, -0.2) is 9.37 Å². The zero-order chi connectivity index (χ0) is 14.0. The van der Waals surface area contributed by atoms with Gasteiger partial charge in [0.25, 0.3) is 0 Å². The summed E-state index contributed by atoms with van der Waals surface area (Å²) >= 11 is 0. The van der Waals surface area contributed by atoms with Crippen LogP contribution >= 0.6 is 0 Å². The predicted octanol–water partition coefficient (Wildman–Crippen LogP) is 2.86. The van der Waals surface area contributed by atoms with Gasteiger partial charge in [0.2, 0.25) is 0 Å². The van der Waals surface area contributed by atoms with Crippen LogP contribution < -0.4 is 0 Å². The van der Waals surface area contributed by atoms with Gasteiger partial charge < -0.3 is 9.30 Å². The van der Waals surface area contributed by atoms with Crippen LogP contribution in [0.5, 0.6) is 0 Å². The normalized spacial score (nSPS) is 12.6. The lowest BCUT2D eigenvalue weighted by molar-refractivity contribution is -0.144. The molecule has 0 spiro atoms. The van der Waals surface area contributed by atoms with Crippen LogP contribution in [0.4, 0.5) is 4.39 Å². The Kier molecular flexibility index (Phi) is 3.83. The van der Waals surface area contributed by atoms with Gasteiger partial charge in [-0.2, -0.15) is 0 Å². The monoisotopic (exact) mass is 264 g/mol. The molecule has 0 saturated heterocycles. The van der Waals surface area contributed by atoms with Crippen LogP contribution in [0.25, 0.3) is 11.0 Å². The number of imidazole rings is 1. The van der Waals surface area contributed by atoms with Crippen molar-refractivity contribution in [1.29, 1.82) is 0 Å². The second-order valence-electron chi connectivity index (χ2n) is 4.32. The van der Waals surface area contributed by atoms with Gasteiger partial charge in [0, 0.05) is 12.6 Å². The number of rotatable bonds is 4. The molecule has 2 aromatic rings. The first-order chi connectivity index (χ1) is 9.08. The van der Waals surface area contributed by atoms with E-state index in [0.29, 0.717) is 24.5 Å². The van der Waals surface area contributed by atoms with Gasteiger partial charge in [-0.15, -0.1) is 0 Å². The molecule has 0 aliphatic rings. The van der Waals surface area contributed by atoms with E-state index in [2.05, 4.69) is 4.98 Å². The lowest BCUT2D eigenvalue weighted by atomic mass is 10.1. The summed E-state index contributed by atoms with van der Waals surface area (Å²) in [5, 5.41) is 0. The molecular formula is C14H17FN2O2. The number of aromatic nitrogens is 2. The third-order valence-corrected chi connectivity index (χ3v) is 3.08. The Labute approximate surface area is 111 Å². The highest BCUT2D eigenvalue weighted by Crippen LogP contribution is 2.23. The molecule has 1 atom stereocenters. The van der Waals surface area contributed by atoms with Crippen LogP contribution in [-0.4, -0.2) is 22.1 Å². The number of halogens is 1. The van der Waals surface area contributed by atoms with E-state index in [9.17, 15) is 9.18 Å². The molecule has 1 heterocycles. The highest BCUT2D eigenvalue weighted by molar-refractivity contribution is 5.81. The van der Waals surface area contributed by atoms with E-state index in [4.69, 9.17) is 4.74 Å². The van der Waals surface area contributed by atoms with Crippen molar-refractivity contribution in [2.24, 2.45) is 0 Å². The molecule has 2 rings (SSSR count). The van der Waals surface area contributed by atoms with E-state index in [-0.39, 0.29) is 11.8 Å². The van der Waals surface area contributed by atoms with Crippen LogP contribution in [0.1, 0.15) is 32.5 Å². The summed E-state index contributed by atoms with van der Waals surface area (Å²) in [6.07, 6.45) is 0. The first-order valence-corrected chi connectivity index (χ1v) is 6.40. The van der Waals surface area contributed by atoms with Gasteiger partial charge in [0.15, 0.2) is 0 Å². The summed E-state index contributed by atoms with van der Waals surface area (Å²) in [6.45, 7) is 6.49. The first-order valence-electron chi connectivity index (χ1n) is 6.40. The van der Waals surface area contributed by atoms with E-state index >= 15 is 0 Å². The number of hydrogen-bond acceptors (Lipinski definition) is 3. The highest BCUT2D eigenvalue weighted by Gasteiger charge is 2.23. The van der Waals surface area contributed by atoms with Gasteiger partial charge in [-0.3, -0.25) is 4.79 Å². The largest absolute Gasteiger partial charge is 0.465 e. The van der Waals surface area contributed by atoms with Crippen molar-refractivity contribution in [3.8, 4) is 0 Å². The molecule has 1 aromatic carbocycles. The second kappa shape index (κ2) is 5.38. The number of carbonyl (C=O) groups is 1. The van der Waals surface area contributed by atoms with Crippen molar-refractivity contribution < 1.29 is 13.9 Å². The minimum absolute atomic E-state index is 0.312. The lowest BCUT2D eigenvalue weighted by Gasteiger charge is -2.12. The standard InChI is InChI=1S/C14H17FN2O2/c1-4-17-12-7-6-10(15)8-11(12)16-13(17)9(3)14(18)19-5-2/h6-9H,4-5H2,1-3H3. The van der Waals surface area contributed by atoms with Crippen molar-refractivity contribution >= 4 is 17.0 Å². The fraction of sp³-hybridized carbons (Fsp3) is 0.429. The quantitative estimate of drug-likeness (QED) is 0.797. The van der Waals surface area contributed by atoms with Gasteiger partial charge in [-0.1, -0.05) is 0 Å². The zero-order valence-corrected chi connectivity index (χ0v) is 11.3. The van der Waals surface area contributed by atoms with Crippen molar-refractivity contribution in [1.82, 2.24) is 9.55 Å². The number of nitrogens with zero attached hydrogens (tertiary/aromatic N) is 2. The summed E-state index contributed by atoms with van der Waals surface area (Å²) in [4.78, 5) is 16.2. The average Bonchev–Trinajstić information content (AvgIpc) is 2.75. The SMILES string of the molecule is CCOC(=O)C(C)c1nc2cc(F)ccc2n1CC. The number of esters is 1. The zero-order valence-electron chi connectivity index (χ0n) is 11.3. The highest BCUT2D eigenvalue weighted by atomic mass is 19.1. The Morgan fingerprint density at radius 1 is 1.47 bits per heavy atom. The van der Waals surface area contributed by atoms with Crippen LogP contribution in [0.3, 0.4) is 0 Å². The molecule has 0 aliphatic carbocycles. The minimum Gasteiger partial charge on any atom is -0.465 e.